The van der Waals surface area contributed by atoms with Gasteiger partial charge in [0.25, 0.3) is 0 Å². The summed E-state index contributed by atoms with van der Waals surface area (Å²) in [5.41, 5.74) is 1.25. The molecule has 2 aliphatic rings. The standard InChI is InChI=1S/C24H25F2N5O3/c25-14-34-17-5-3-15(4-6-17)24(9-1-2-10-24)23(33)31-13-16(26)11-20(31)22(32)29-21-8-7-18-19(28-21)12-27-30-18/h3-8,12,16,20H,1-2,9-11,13-14H2,(H,27,30)(H,28,29,32)/t16-,20-/m1/s1. The van der Waals surface area contributed by atoms with E-state index in [2.05, 4.69) is 20.5 Å². The summed E-state index contributed by atoms with van der Waals surface area (Å²) in [6.07, 6.45) is 3.11. The minimum atomic E-state index is -1.29. The molecule has 2 aromatic heterocycles. The van der Waals surface area contributed by atoms with Crippen molar-refractivity contribution in [2.75, 3.05) is 18.7 Å². The van der Waals surface area contributed by atoms with Gasteiger partial charge >= 0.3 is 0 Å². The maximum atomic E-state index is 14.5. The third-order valence-corrected chi connectivity index (χ3v) is 6.86. The fraction of sp³-hybridized carbons (Fsp3) is 0.417. The van der Waals surface area contributed by atoms with Crippen LogP contribution in [0, 0.1) is 0 Å². The molecule has 8 nitrogen and oxygen atoms in total. The van der Waals surface area contributed by atoms with Crippen molar-refractivity contribution >= 4 is 28.7 Å². The van der Waals surface area contributed by atoms with Gasteiger partial charge in [-0.3, -0.25) is 14.7 Å². The van der Waals surface area contributed by atoms with Gasteiger partial charge in [0, 0.05) is 6.42 Å². The Balaban J connectivity index is 1.39. The molecular weight excluding hydrogens is 444 g/mol. The SMILES string of the molecule is O=C(Nc1ccc2[nH]ncc2n1)[C@H]1C[C@@H](F)CN1C(=O)C1(c2ccc(OCF)cc2)CCCC1. The van der Waals surface area contributed by atoms with Gasteiger partial charge < -0.3 is 15.0 Å². The zero-order chi connectivity index (χ0) is 23.7. The van der Waals surface area contributed by atoms with E-state index in [1.165, 1.54) is 4.90 Å². The third-order valence-electron chi connectivity index (χ3n) is 6.86. The lowest BCUT2D eigenvalue weighted by Crippen LogP contribution is -2.51. The summed E-state index contributed by atoms with van der Waals surface area (Å²) in [5.74, 6) is -0.0322. The lowest BCUT2D eigenvalue weighted by atomic mass is 9.77. The average Bonchev–Trinajstić information content (AvgIpc) is 3.59. The van der Waals surface area contributed by atoms with E-state index in [0.29, 0.717) is 29.9 Å². The van der Waals surface area contributed by atoms with Gasteiger partial charge in [-0.2, -0.15) is 5.10 Å². The molecule has 2 N–H and O–H groups in total. The van der Waals surface area contributed by atoms with Crippen LogP contribution >= 0.6 is 0 Å². The third kappa shape index (κ3) is 3.97. The molecule has 1 aliphatic heterocycles. The molecule has 0 unspecified atom stereocenters. The number of carbonyl (C=O) groups excluding carboxylic acids is 2. The van der Waals surface area contributed by atoms with Gasteiger partial charge in [0.1, 0.15) is 29.3 Å². The van der Waals surface area contributed by atoms with E-state index in [1.54, 1.807) is 42.6 Å². The first-order chi connectivity index (χ1) is 16.5. The zero-order valence-corrected chi connectivity index (χ0v) is 18.5. The highest BCUT2D eigenvalue weighted by Gasteiger charge is 2.50. The molecule has 2 fully saturated rings. The van der Waals surface area contributed by atoms with E-state index < -0.39 is 30.4 Å². The van der Waals surface area contributed by atoms with Crippen molar-refractivity contribution in [2.45, 2.75) is 49.7 Å². The molecule has 0 bridgehead atoms. The Kier molecular flexibility index (Phi) is 5.89. The molecule has 178 valence electrons. The molecule has 1 saturated heterocycles. The minimum absolute atomic E-state index is 0.0646. The number of pyridine rings is 1. The number of hydrogen-bond donors (Lipinski definition) is 2. The van der Waals surface area contributed by atoms with Crippen LogP contribution in [0.1, 0.15) is 37.7 Å². The van der Waals surface area contributed by atoms with Gasteiger partial charge in [0.15, 0.2) is 0 Å². The molecular formula is C24H25F2N5O3. The average molecular weight is 469 g/mol. The quantitative estimate of drug-likeness (QED) is 0.574. The van der Waals surface area contributed by atoms with Crippen LogP contribution in [-0.2, 0) is 15.0 Å². The van der Waals surface area contributed by atoms with Crippen LogP contribution < -0.4 is 10.1 Å². The lowest BCUT2D eigenvalue weighted by molar-refractivity contribution is -0.141. The van der Waals surface area contributed by atoms with Crippen molar-refractivity contribution in [3.05, 3.63) is 48.2 Å². The number of anilines is 1. The monoisotopic (exact) mass is 469 g/mol. The normalized spacial score (nSPS) is 21.6. The molecule has 0 radical (unpaired) electrons. The molecule has 5 rings (SSSR count). The summed E-state index contributed by atoms with van der Waals surface area (Å²) in [6, 6.07) is 9.22. The highest BCUT2D eigenvalue weighted by atomic mass is 19.1. The van der Waals surface area contributed by atoms with E-state index in [-0.39, 0.29) is 18.9 Å². The number of nitrogens with one attached hydrogen (secondary N) is 2. The van der Waals surface area contributed by atoms with E-state index in [1.807, 2.05) is 0 Å². The van der Waals surface area contributed by atoms with Crippen LogP contribution in [0.5, 0.6) is 5.75 Å². The summed E-state index contributed by atoms with van der Waals surface area (Å²) in [4.78, 5) is 32.7. The predicted octanol–water partition coefficient (Wildman–Crippen LogP) is 3.65. The van der Waals surface area contributed by atoms with Crippen LogP contribution in [0.15, 0.2) is 42.6 Å². The van der Waals surface area contributed by atoms with Gasteiger partial charge in [0.05, 0.1) is 23.7 Å². The first kappa shape index (κ1) is 22.2. The summed E-state index contributed by atoms with van der Waals surface area (Å²) < 4.78 is 31.9. The number of halogens is 2. The van der Waals surface area contributed by atoms with Crippen LogP contribution in [0.25, 0.3) is 11.0 Å². The van der Waals surface area contributed by atoms with E-state index in [9.17, 15) is 18.4 Å². The Morgan fingerprint density at radius 2 is 1.94 bits per heavy atom. The van der Waals surface area contributed by atoms with Crippen LogP contribution in [0.2, 0.25) is 0 Å². The van der Waals surface area contributed by atoms with E-state index in [0.717, 1.165) is 23.9 Å². The second-order valence-corrected chi connectivity index (χ2v) is 8.86. The molecule has 0 spiro atoms. The highest BCUT2D eigenvalue weighted by Crippen LogP contribution is 2.44. The van der Waals surface area contributed by atoms with E-state index in [4.69, 9.17) is 4.74 Å². The predicted molar refractivity (Wildman–Crippen MR) is 121 cm³/mol. The second-order valence-electron chi connectivity index (χ2n) is 8.86. The fourth-order valence-corrected chi connectivity index (χ4v) is 5.18. The van der Waals surface area contributed by atoms with Gasteiger partial charge in [-0.1, -0.05) is 25.0 Å². The second kappa shape index (κ2) is 9.00. The zero-order valence-electron chi connectivity index (χ0n) is 18.5. The van der Waals surface area contributed by atoms with Gasteiger partial charge in [0.2, 0.25) is 18.7 Å². The number of amides is 2. The van der Waals surface area contributed by atoms with Crippen molar-refractivity contribution in [2.24, 2.45) is 0 Å². The van der Waals surface area contributed by atoms with Gasteiger partial charge in [-0.25, -0.2) is 13.8 Å². The fourth-order valence-electron chi connectivity index (χ4n) is 5.18. The molecule has 2 amide bonds. The molecule has 2 atom stereocenters. The van der Waals surface area contributed by atoms with Crippen LogP contribution in [-0.4, -0.2) is 57.5 Å². The number of rotatable bonds is 6. The lowest BCUT2D eigenvalue weighted by Gasteiger charge is -2.35. The molecule has 34 heavy (non-hydrogen) atoms. The number of aromatic nitrogens is 3. The molecule has 1 saturated carbocycles. The smallest absolute Gasteiger partial charge is 0.248 e. The van der Waals surface area contributed by atoms with Crippen molar-refractivity contribution in [1.29, 1.82) is 0 Å². The largest absolute Gasteiger partial charge is 0.463 e. The van der Waals surface area contributed by atoms with E-state index >= 15 is 0 Å². The Bertz CT molecular complexity index is 1190. The maximum Gasteiger partial charge on any atom is 0.248 e. The first-order valence-electron chi connectivity index (χ1n) is 11.4. The summed E-state index contributed by atoms with van der Waals surface area (Å²) >= 11 is 0. The highest BCUT2D eigenvalue weighted by molar-refractivity contribution is 5.99. The Hall–Kier alpha value is -3.56. The number of alkyl halides is 2. The number of carbonyl (C=O) groups is 2. The van der Waals surface area contributed by atoms with Crippen molar-refractivity contribution in [3.8, 4) is 5.75 Å². The van der Waals surface area contributed by atoms with Crippen LogP contribution in [0.4, 0.5) is 14.6 Å². The Morgan fingerprint density at radius 1 is 1.18 bits per heavy atom. The summed E-state index contributed by atoms with van der Waals surface area (Å²) in [5, 5.41) is 9.43. The first-order valence-corrected chi connectivity index (χ1v) is 11.4. The van der Waals surface area contributed by atoms with Crippen molar-refractivity contribution in [1.82, 2.24) is 20.1 Å². The molecule has 3 heterocycles. The number of H-pyrrole nitrogens is 1. The number of ether oxygens (including phenoxy) is 1. The molecule has 1 aromatic carbocycles. The number of aromatic amines is 1. The van der Waals surface area contributed by atoms with Gasteiger partial charge in [-0.15, -0.1) is 0 Å². The molecule has 10 heteroatoms. The summed E-state index contributed by atoms with van der Waals surface area (Å²) in [6.45, 7) is -1.07. The topological polar surface area (TPSA) is 100 Å². The van der Waals surface area contributed by atoms with Gasteiger partial charge in [-0.05, 0) is 42.7 Å². The van der Waals surface area contributed by atoms with Crippen molar-refractivity contribution < 1.29 is 23.1 Å². The number of benzene rings is 1. The van der Waals surface area contributed by atoms with Crippen LogP contribution in [0.3, 0.4) is 0 Å². The number of hydrogen-bond acceptors (Lipinski definition) is 5. The summed E-state index contributed by atoms with van der Waals surface area (Å²) in [7, 11) is 0. The minimum Gasteiger partial charge on any atom is -0.463 e. The number of fused-ring (bicyclic) bond motifs is 1. The maximum absolute atomic E-state index is 14.5. The Morgan fingerprint density at radius 3 is 2.68 bits per heavy atom. The van der Waals surface area contributed by atoms with Crippen molar-refractivity contribution in [3.63, 3.8) is 0 Å². The number of likely N-dealkylation sites (tertiary alicyclic amines) is 1. The molecule has 1 aliphatic carbocycles. The molecule has 3 aromatic rings. The number of nitrogens with zero attached hydrogens (tertiary/aromatic N) is 3. The Labute approximate surface area is 194 Å².